The number of nitrogens with one attached hydrogen (secondary N) is 1. The van der Waals surface area contributed by atoms with Crippen LogP contribution >= 0.6 is 0 Å². The second kappa shape index (κ2) is 6.86. The minimum atomic E-state index is 0.493. The standard InChI is InChI=1S/C14H26IN2O/c1-5-16-6-2-11(1)9-18-10-13-14(15-13)12-3-7-17-8-4-12/h11-14,16-17H,1-10H2/q-1/p+1/t13-,14+/m0/s1. The van der Waals surface area contributed by atoms with Crippen molar-refractivity contribution < 1.29 is 31.3 Å². The van der Waals surface area contributed by atoms with Crippen LogP contribution in [0.1, 0.15) is 25.7 Å². The molecule has 3 aliphatic rings. The quantitative estimate of drug-likeness (QED) is 0.398. The van der Waals surface area contributed by atoms with E-state index in [1.807, 2.05) is 0 Å². The Kier molecular flexibility index (Phi) is 5.18. The molecule has 0 spiro atoms. The maximum atomic E-state index is 6.02. The molecule has 18 heavy (non-hydrogen) atoms. The Morgan fingerprint density at radius 3 is 2.61 bits per heavy atom. The van der Waals surface area contributed by atoms with Gasteiger partial charge in [0.15, 0.2) is 0 Å². The molecule has 0 saturated carbocycles. The van der Waals surface area contributed by atoms with E-state index in [1.54, 1.807) is 0 Å². The topological polar surface area (TPSA) is 37.9 Å². The average molecular weight is 366 g/mol. The number of hydrogen-bond acceptors (Lipinski definition) is 2. The van der Waals surface area contributed by atoms with Crippen molar-refractivity contribution in [2.24, 2.45) is 11.8 Å². The number of hydrogen-bond donors (Lipinski definition) is 2. The van der Waals surface area contributed by atoms with E-state index in [9.17, 15) is 0 Å². The van der Waals surface area contributed by atoms with Crippen LogP contribution in [0.3, 0.4) is 0 Å². The van der Waals surface area contributed by atoms with Gasteiger partial charge >= 0.3 is 121 Å². The van der Waals surface area contributed by atoms with Gasteiger partial charge in [-0.15, -0.1) is 0 Å². The molecular formula is C14H27IN2O. The number of ether oxygens (including phenoxy) is 1. The van der Waals surface area contributed by atoms with Crippen molar-refractivity contribution in [2.45, 2.75) is 33.5 Å². The van der Waals surface area contributed by atoms with Crippen LogP contribution in [0.4, 0.5) is 0 Å². The van der Waals surface area contributed by atoms with Crippen LogP contribution in [0, 0.1) is 11.8 Å². The van der Waals surface area contributed by atoms with Crippen LogP contribution in [0.2, 0.25) is 0 Å². The molecule has 3 fully saturated rings. The maximum absolute atomic E-state index is 6.02. The third-order valence-electron chi connectivity index (χ3n) is 4.61. The molecule has 3 heterocycles. The predicted octanol–water partition coefficient (Wildman–Crippen LogP) is -3.18. The normalized spacial score (nSPS) is 35.1. The van der Waals surface area contributed by atoms with Gasteiger partial charge in [0.25, 0.3) is 0 Å². The molecule has 0 aliphatic carbocycles. The number of alkyl halides is 2. The summed E-state index contributed by atoms with van der Waals surface area (Å²) in [5.41, 5.74) is 0. The molecule has 0 amide bonds. The Balaban J connectivity index is 1.28. The van der Waals surface area contributed by atoms with Crippen LogP contribution in [0.5, 0.6) is 0 Å². The first-order valence-electron chi connectivity index (χ1n) is 7.65. The molecule has 4 heteroatoms. The molecule has 3 N–H and O–H groups in total. The summed E-state index contributed by atoms with van der Waals surface area (Å²) in [6.45, 7) is 7.31. The van der Waals surface area contributed by atoms with Crippen molar-refractivity contribution in [2.75, 3.05) is 39.4 Å². The molecule has 0 aromatic carbocycles. The molecule has 3 rings (SSSR count). The first-order valence-corrected chi connectivity index (χ1v) is 10.1. The number of quaternary nitrogens is 1. The molecule has 3 nitrogen and oxygen atoms in total. The van der Waals surface area contributed by atoms with Crippen molar-refractivity contribution in [3.8, 4) is 0 Å². The van der Waals surface area contributed by atoms with Crippen LogP contribution in [0.25, 0.3) is 0 Å². The van der Waals surface area contributed by atoms with E-state index >= 15 is 0 Å². The molecular weight excluding hydrogens is 339 g/mol. The summed E-state index contributed by atoms with van der Waals surface area (Å²) in [6.07, 6.45) is 5.60. The first-order chi connectivity index (χ1) is 8.93. The molecule has 0 aromatic rings. The van der Waals surface area contributed by atoms with Crippen molar-refractivity contribution >= 4 is 0 Å². The molecule has 0 bridgehead atoms. The van der Waals surface area contributed by atoms with Crippen LogP contribution < -0.4 is 31.8 Å². The Bertz CT molecular complexity index is 252. The molecule has 0 unspecified atom stereocenters. The van der Waals surface area contributed by atoms with Gasteiger partial charge in [-0.05, 0) is 0 Å². The van der Waals surface area contributed by atoms with Crippen molar-refractivity contribution in [3.63, 3.8) is 0 Å². The van der Waals surface area contributed by atoms with Crippen LogP contribution in [0.15, 0.2) is 0 Å². The zero-order valence-electron chi connectivity index (χ0n) is 11.2. The van der Waals surface area contributed by atoms with Crippen LogP contribution in [-0.2, 0) is 4.74 Å². The van der Waals surface area contributed by atoms with Gasteiger partial charge < -0.3 is 0 Å². The van der Waals surface area contributed by atoms with Gasteiger partial charge in [0.2, 0.25) is 0 Å². The number of rotatable bonds is 5. The second-order valence-electron chi connectivity index (χ2n) is 6.02. The molecule has 0 radical (unpaired) electrons. The fraction of sp³-hybridized carbons (Fsp3) is 1.00. The second-order valence-corrected chi connectivity index (χ2v) is 9.78. The fourth-order valence-corrected chi connectivity index (χ4v) is 6.73. The predicted molar refractivity (Wildman–Crippen MR) is 68.4 cm³/mol. The summed E-state index contributed by atoms with van der Waals surface area (Å²) in [5.74, 6) is 1.92. The van der Waals surface area contributed by atoms with Gasteiger partial charge in [-0.25, -0.2) is 0 Å². The Hall–Kier alpha value is 0.610. The van der Waals surface area contributed by atoms with E-state index in [0.717, 1.165) is 32.9 Å². The van der Waals surface area contributed by atoms with E-state index < -0.39 is 0 Å². The SMILES string of the molecule is C1CC([C@H]2[I-][C@H]2COCC2CC[NH2+]CC2)CCN1. The molecule has 3 aliphatic heterocycles. The Morgan fingerprint density at radius 1 is 1.06 bits per heavy atom. The van der Waals surface area contributed by atoms with E-state index in [1.165, 1.54) is 51.9 Å². The minimum absolute atomic E-state index is 0.493. The molecule has 2 atom stereocenters. The van der Waals surface area contributed by atoms with Gasteiger partial charge in [-0.3, -0.25) is 0 Å². The third kappa shape index (κ3) is 3.81. The summed E-state index contributed by atoms with van der Waals surface area (Å²) in [4.78, 5) is 0. The van der Waals surface area contributed by atoms with E-state index in [0.29, 0.717) is 21.2 Å². The van der Waals surface area contributed by atoms with Crippen molar-refractivity contribution in [1.82, 2.24) is 5.32 Å². The van der Waals surface area contributed by atoms with E-state index in [4.69, 9.17) is 4.74 Å². The van der Waals surface area contributed by atoms with Gasteiger partial charge in [0, 0.05) is 0 Å². The van der Waals surface area contributed by atoms with Gasteiger partial charge in [-0.2, -0.15) is 0 Å². The van der Waals surface area contributed by atoms with Crippen LogP contribution in [-0.4, -0.2) is 47.2 Å². The van der Waals surface area contributed by atoms with Gasteiger partial charge in [0.05, 0.1) is 0 Å². The van der Waals surface area contributed by atoms with Crippen molar-refractivity contribution in [3.05, 3.63) is 0 Å². The fourth-order valence-electron chi connectivity index (χ4n) is 3.34. The zero-order valence-corrected chi connectivity index (χ0v) is 13.4. The van der Waals surface area contributed by atoms with Crippen molar-refractivity contribution in [1.29, 1.82) is 0 Å². The van der Waals surface area contributed by atoms with E-state index in [2.05, 4.69) is 10.6 Å². The first kappa shape index (κ1) is 13.6. The van der Waals surface area contributed by atoms with Gasteiger partial charge in [-0.1, -0.05) is 0 Å². The number of nitrogens with two attached hydrogens (primary N) is 1. The number of piperidine rings is 2. The molecule has 0 aromatic heterocycles. The average Bonchev–Trinajstić information content (AvgIpc) is 3.21. The Morgan fingerprint density at radius 2 is 1.83 bits per heavy atom. The summed E-state index contributed by atoms with van der Waals surface area (Å²) in [5, 5.41) is 5.92. The van der Waals surface area contributed by atoms with E-state index in [-0.39, 0.29) is 0 Å². The molecule has 3 saturated heterocycles. The summed E-state index contributed by atoms with van der Waals surface area (Å²) < 4.78 is 8.15. The van der Waals surface area contributed by atoms with Gasteiger partial charge in [0.1, 0.15) is 0 Å². The monoisotopic (exact) mass is 366 g/mol. The summed E-state index contributed by atoms with van der Waals surface area (Å²) in [6, 6.07) is 0. The summed E-state index contributed by atoms with van der Waals surface area (Å²) >= 11 is 0.493. The zero-order chi connectivity index (χ0) is 12.2. The third-order valence-corrected chi connectivity index (χ3v) is 8.55. The number of halogens is 1. The summed E-state index contributed by atoms with van der Waals surface area (Å²) in [7, 11) is 0. The Labute approximate surface area is 121 Å². The molecule has 106 valence electrons.